The molecule has 17 aliphatic rings. The Hall–Kier alpha value is -3.18. The Bertz CT molecular complexity index is 3190. The molecule has 17 fully saturated rings. The molecular formula is C125H256O12. The van der Waals surface area contributed by atoms with Crippen LogP contribution in [0.15, 0.2) is 0 Å². The molecule has 17 aliphatic carbocycles. The molecule has 17 saturated carbocycles. The van der Waals surface area contributed by atoms with Crippen LogP contribution in [0.1, 0.15) is 602 Å². The maximum Gasteiger partial charge on any atom is 0.312 e. The van der Waals surface area contributed by atoms with Crippen LogP contribution in [0.2, 0.25) is 0 Å². The number of esters is 6. The van der Waals surface area contributed by atoms with Crippen LogP contribution in [0.4, 0.5) is 0 Å². The number of hydrogen-bond donors (Lipinski definition) is 0. The van der Waals surface area contributed by atoms with Crippen molar-refractivity contribution in [2.75, 3.05) is 0 Å². The van der Waals surface area contributed by atoms with Crippen molar-refractivity contribution in [1.29, 1.82) is 0 Å². The summed E-state index contributed by atoms with van der Waals surface area (Å²) in [7, 11) is 0. The Labute approximate surface area is 862 Å². The van der Waals surface area contributed by atoms with Crippen LogP contribution in [0.25, 0.3) is 0 Å². The highest BCUT2D eigenvalue weighted by atomic mass is 16.6. The molecule has 12 heteroatoms. The standard InChI is InChI=1S/C19H32O2.2C17H28O2.2C17H30O2.C14H24O2.6C2H6.12CH4/c1-6-17(2,3)16(20)21-18(4,5)19-10-13-7-14(11-19)9-15(8-13)12-19;1-5-16(2,3)15(18)19-17(4)13-7-11-6-12(9-13)10-14(17)8-11;1-5-16(2,3)15(18)19-17(4)10-11-9-14(17)13-8-6-7-12(11)13;1-5-16(2,3)15(18)19-17(4)12-8-10-13-9-6-7-11-14(13)17;1-5-16(2,3)15(18)19-17(4)11-10-13-8-6-7-9-14(13)12-17;1-5-13(2,3)12(15)16-14(4)9-10-6-7-11(14)8-10;6*1-2;;;;;;;;;;;;/h13-15H,6-12H2,1-5H3;2*11-14H,5-10H2,1-4H3;2*13-14H,5-12H2,1-4H3;10-11H,5-9H2,1-4H3;6*1-2H3;12*1H4. The highest BCUT2D eigenvalue weighted by Crippen LogP contribution is 2.67. The van der Waals surface area contributed by atoms with Crippen molar-refractivity contribution >= 4 is 35.8 Å². The fraction of sp³-hybridized carbons (Fsp3) is 0.952. The van der Waals surface area contributed by atoms with Crippen LogP contribution in [0.3, 0.4) is 0 Å². The number of carbonyl (C=O) groups excluding carboxylic acids is 6. The maximum atomic E-state index is 12.6. The molecule has 0 radical (unpaired) electrons. The minimum Gasteiger partial charge on any atom is -0.459 e. The summed E-state index contributed by atoms with van der Waals surface area (Å²) in [6.45, 7) is 75.6. The van der Waals surface area contributed by atoms with Crippen LogP contribution in [0, 0.1) is 139 Å². The molecule has 137 heavy (non-hydrogen) atoms. The Balaban J connectivity index is -0.000000197. The van der Waals surface area contributed by atoms with E-state index in [2.05, 4.69) is 83.1 Å². The van der Waals surface area contributed by atoms with Crippen molar-refractivity contribution in [3.63, 3.8) is 0 Å². The fourth-order valence-corrected chi connectivity index (χ4v) is 26.0. The van der Waals surface area contributed by atoms with Gasteiger partial charge in [-0.3, -0.25) is 28.8 Å². The van der Waals surface area contributed by atoms with Gasteiger partial charge in [-0.1, -0.05) is 265 Å². The second kappa shape index (κ2) is 64.1. The summed E-state index contributed by atoms with van der Waals surface area (Å²) < 4.78 is 36.2. The average Bonchev–Trinajstić information content (AvgIpc) is 1.60. The van der Waals surface area contributed by atoms with Gasteiger partial charge >= 0.3 is 35.8 Å². The first kappa shape index (κ1) is 152. The van der Waals surface area contributed by atoms with Crippen molar-refractivity contribution in [2.24, 2.45) is 139 Å². The van der Waals surface area contributed by atoms with E-state index in [0.29, 0.717) is 29.6 Å². The van der Waals surface area contributed by atoms with Crippen molar-refractivity contribution < 1.29 is 57.2 Å². The van der Waals surface area contributed by atoms with Gasteiger partial charge in [-0.05, 0) is 426 Å². The highest BCUT2D eigenvalue weighted by molar-refractivity contribution is 5.79. The quantitative estimate of drug-likeness (QED) is 0.0892. The lowest BCUT2D eigenvalue weighted by Gasteiger charge is -2.61. The third-order valence-corrected chi connectivity index (χ3v) is 36.3. The molecule has 17 rings (SSSR count). The predicted molar refractivity (Wildman–Crippen MR) is 605 cm³/mol. The summed E-state index contributed by atoms with van der Waals surface area (Å²) >= 11 is 0. The molecule has 0 spiro atoms. The molecule has 0 saturated heterocycles. The smallest absolute Gasteiger partial charge is 0.312 e. The molecule has 0 aromatic carbocycles. The second-order valence-corrected chi connectivity index (χ2v) is 47.1. The Morgan fingerprint density at radius 1 is 0.255 bits per heavy atom. The normalized spacial score (nSPS) is 32.8. The molecule has 0 aromatic rings. The van der Waals surface area contributed by atoms with Gasteiger partial charge < -0.3 is 28.4 Å². The summed E-state index contributed by atoms with van der Waals surface area (Å²) in [5, 5.41) is 0. The first-order chi connectivity index (χ1) is 58.5. The second-order valence-electron chi connectivity index (χ2n) is 47.1. The van der Waals surface area contributed by atoms with E-state index in [1.54, 1.807) is 0 Å². The van der Waals surface area contributed by atoms with Gasteiger partial charge in [0.2, 0.25) is 0 Å². The average molecular weight is 1950 g/mol. The molecule has 0 amide bonds. The van der Waals surface area contributed by atoms with Crippen LogP contribution >= 0.6 is 0 Å². The third kappa shape index (κ3) is 37.0. The Kier molecular flexibility index (Phi) is 70.8. The molecule has 14 atom stereocenters. The van der Waals surface area contributed by atoms with Gasteiger partial charge in [0, 0.05) is 17.3 Å². The number of rotatable bonds is 19. The third-order valence-electron chi connectivity index (χ3n) is 36.3. The summed E-state index contributed by atoms with van der Waals surface area (Å²) in [5.41, 5.74) is -3.01. The van der Waals surface area contributed by atoms with Gasteiger partial charge in [0.15, 0.2) is 0 Å². The van der Waals surface area contributed by atoms with Gasteiger partial charge in [0.05, 0.1) is 32.5 Å². The van der Waals surface area contributed by atoms with Crippen LogP contribution < -0.4 is 0 Å². The number of hydrogen-bond acceptors (Lipinski definition) is 12. The summed E-state index contributed by atoms with van der Waals surface area (Å²) in [5.74, 6) is 13.6. The number of ether oxygens (including phenoxy) is 6. The monoisotopic (exact) mass is 1950 g/mol. The molecule has 12 nitrogen and oxygen atoms in total. The zero-order valence-corrected chi connectivity index (χ0v) is 89.5. The van der Waals surface area contributed by atoms with E-state index >= 15 is 0 Å². The van der Waals surface area contributed by atoms with Crippen molar-refractivity contribution in [3.05, 3.63) is 0 Å². The van der Waals surface area contributed by atoms with Gasteiger partial charge in [-0.2, -0.15) is 0 Å². The van der Waals surface area contributed by atoms with Crippen LogP contribution in [-0.2, 0) is 57.2 Å². The van der Waals surface area contributed by atoms with Gasteiger partial charge in [0.1, 0.15) is 33.6 Å². The lowest BCUT2D eigenvalue weighted by atomic mass is 9.46. The Morgan fingerprint density at radius 3 is 0.985 bits per heavy atom. The van der Waals surface area contributed by atoms with Gasteiger partial charge in [-0.25, -0.2) is 0 Å². The van der Waals surface area contributed by atoms with E-state index in [0.717, 1.165) is 142 Å². The molecule has 828 valence electrons. The summed E-state index contributed by atoms with van der Waals surface area (Å²) in [6.07, 6.45) is 49.2. The van der Waals surface area contributed by atoms with Crippen molar-refractivity contribution in [1.82, 2.24) is 0 Å². The minimum absolute atomic E-state index is 0. The topological polar surface area (TPSA) is 158 Å². The molecule has 0 aromatic heterocycles. The number of fused-ring (bicyclic) bond motifs is 9. The zero-order valence-electron chi connectivity index (χ0n) is 89.5. The molecular weight excluding hydrogens is 1690 g/mol. The first-order valence-electron chi connectivity index (χ1n) is 53.9. The van der Waals surface area contributed by atoms with Crippen molar-refractivity contribution in [2.45, 2.75) is 636 Å². The van der Waals surface area contributed by atoms with E-state index < -0.39 is 0 Å². The van der Waals surface area contributed by atoms with Crippen LogP contribution in [-0.4, -0.2) is 69.4 Å². The molecule has 14 unspecified atom stereocenters. The first-order valence-corrected chi connectivity index (χ1v) is 53.9. The van der Waals surface area contributed by atoms with E-state index in [1.165, 1.54) is 186 Å². The van der Waals surface area contributed by atoms with Crippen molar-refractivity contribution in [3.8, 4) is 0 Å². The highest BCUT2D eigenvalue weighted by Gasteiger charge is 2.64. The van der Waals surface area contributed by atoms with E-state index in [9.17, 15) is 28.8 Å². The van der Waals surface area contributed by atoms with E-state index in [-0.39, 0.29) is 196 Å². The van der Waals surface area contributed by atoms with E-state index in [4.69, 9.17) is 28.4 Å². The molecule has 12 bridgehead atoms. The minimum atomic E-state index is -0.362. The molecule has 0 aliphatic heterocycles. The largest absolute Gasteiger partial charge is 0.459 e. The SMILES string of the molecule is C.C.C.C.C.C.C.C.C.C.C.C.CC.CC.CC.CC.CC.CC.CCC(C)(C)C(=O)OC(C)(C)C12CC3CC(CC(C3)C1)C2.CCC(C)(C)C(=O)OC1(C)C2CC3CC(C2)CC1C3.CCC(C)(C)C(=O)OC1(C)CC2CC1C1CCCC21.CCC(C)(C)C(=O)OC1(C)CC2CCC1C2.CCC(C)(C)C(=O)OC1(C)CCC2CCCCC2C1.CCC(C)(C)C(=O)OC1(C)CCCC2CCCCC21. The van der Waals surface area contributed by atoms with Gasteiger partial charge in [0.25, 0.3) is 0 Å². The predicted octanol–water partition coefficient (Wildman–Crippen LogP) is 40.1. The fourth-order valence-electron chi connectivity index (χ4n) is 26.0. The summed E-state index contributed by atoms with van der Waals surface area (Å²) in [4.78, 5) is 74.3. The Morgan fingerprint density at radius 2 is 0.591 bits per heavy atom. The number of carbonyl (C=O) groups is 6. The maximum absolute atomic E-state index is 12.6. The summed E-state index contributed by atoms with van der Waals surface area (Å²) in [6, 6.07) is 0. The molecule has 0 heterocycles. The van der Waals surface area contributed by atoms with Crippen LogP contribution in [0.5, 0.6) is 0 Å². The van der Waals surface area contributed by atoms with E-state index in [1.807, 2.05) is 173 Å². The lowest BCUT2D eigenvalue weighted by molar-refractivity contribution is -0.211. The zero-order chi connectivity index (χ0) is 95.3. The van der Waals surface area contributed by atoms with Gasteiger partial charge in [-0.15, -0.1) is 0 Å². The molecule has 0 N–H and O–H groups in total. The lowest BCUT2D eigenvalue weighted by Crippen LogP contribution is -2.58.